The van der Waals surface area contributed by atoms with Crippen molar-refractivity contribution in [3.8, 4) is 0 Å². The molecule has 0 radical (unpaired) electrons. The van der Waals surface area contributed by atoms with E-state index in [2.05, 4.69) is 51.4 Å². The topological polar surface area (TPSA) is 15.3 Å². The molecule has 114 valence electrons. The zero-order chi connectivity index (χ0) is 14.5. The Hall–Kier alpha value is 0.137. The standard InChI is InChI=1S/C16H36N2Si/c1-14(2)11-19(12-15(3)4,13-16(5)6)18-9-7-17-8-10-18/h14-17H,7-13H2,1-6H3. The van der Waals surface area contributed by atoms with E-state index in [4.69, 9.17) is 0 Å². The highest BCUT2D eigenvalue weighted by Crippen LogP contribution is 2.35. The third kappa shape index (κ3) is 5.56. The maximum atomic E-state index is 3.53. The Morgan fingerprint density at radius 3 is 1.47 bits per heavy atom. The maximum Gasteiger partial charge on any atom is 0.129 e. The molecular formula is C16H36N2Si. The first-order valence-corrected chi connectivity index (χ1v) is 10.9. The molecule has 19 heavy (non-hydrogen) atoms. The summed E-state index contributed by atoms with van der Waals surface area (Å²) in [7, 11) is -1.29. The van der Waals surface area contributed by atoms with Gasteiger partial charge in [-0.2, -0.15) is 0 Å². The molecule has 1 heterocycles. The summed E-state index contributed by atoms with van der Waals surface area (Å²) < 4.78 is 2.95. The third-order valence-corrected chi connectivity index (χ3v) is 10.7. The highest BCUT2D eigenvalue weighted by molar-refractivity contribution is 6.77. The molecule has 0 spiro atoms. The van der Waals surface area contributed by atoms with Crippen LogP contribution < -0.4 is 5.32 Å². The van der Waals surface area contributed by atoms with Gasteiger partial charge in [-0.3, -0.25) is 0 Å². The van der Waals surface area contributed by atoms with Crippen molar-refractivity contribution in [2.75, 3.05) is 26.2 Å². The van der Waals surface area contributed by atoms with Crippen LogP contribution in [0.3, 0.4) is 0 Å². The predicted molar refractivity (Wildman–Crippen MR) is 89.1 cm³/mol. The number of nitrogens with zero attached hydrogens (tertiary/aromatic N) is 1. The molecule has 0 unspecified atom stereocenters. The van der Waals surface area contributed by atoms with E-state index in [0.717, 1.165) is 17.8 Å². The summed E-state index contributed by atoms with van der Waals surface area (Å²) in [5.41, 5.74) is 0. The molecule has 1 fully saturated rings. The van der Waals surface area contributed by atoms with Gasteiger partial charge in [0, 0.05) is 26.2 Å². The van der Waals surface area contributed by atoms with Gasteiger partial charge in [0.05, 0.1) is 0 Å². The van der Waals surface area contributed by atoms with E-state index < -0.39 is 8.24 Å². The van der Waals surface area contributed by atoms with E-state index in [0.29, 0.717) is 0 Å². The lowest BCUT2D eigenvalue weighted by atomic mass is 10.2. The lowest BCUT2D eigenvalue weighted by Gasteiger charge is -2.47. The Kier molecular flexibility index (Phi) is 7.05. The SMILES string of the molecule is CC(C)C[Si](CC(C)C)(CC(C)C)N1CCNCC1. The molecule has 0 aromatic rings. The first-order valence-electron chi connectivity index (χ1n) is 8.31. The van der Waals surface area contributed by atoms with E-state index >= 15 is 0 Å². The number of nitrogens with one attached hydrogen (secondary N) is 1. The van der Waals surface area contributed by atoms with Crippen molar-refractivity contribution in [2.24, 2.45) is 17.8 Å². The Balaban J connectivity index is 2.92. The lowest BCUT2D eigenvalue weighted by molar-refractivity contribution is 0.341. The molecular weight excluding hydrogens is 248 g/mol. The fourth-order valence-corrected chi connectivity index (χ4v) is 11.1. The number of hydrogen-bond acceptors (Lipinski definition) is 2. The second-order valence-electron chi connectivity index (χ2n) is 7.76. The normalized spacial score (nSPS) is 18.8. The first kappa shape index (κ1) is 17.2. The zero-order valence-corrected chi connectivity index (χ0v) is 15.1. The average Bonchev–Trinajstić information content (AvgIpc) is 2.27. The van der Waals surface area contributed by atoms with Crippen LogP contribution in [-0.4, -0.2) is 39.0 Å². The van der Waals surface area contributed by atoms with Gasteiger partial charge in [-0.25, -0.2) is 0 Å². The van der Waals surface area contributed by atoms with Crippen LogP contribution in [0.5, 0.6) is 0 Å². The minimum absolute atomic E-state index is 0.846. The summed E-state index contributed by atoms with van der Waals surface area (Å²) in [6.45, 7) is 19.5. The molecule has 0 atom stereocenters. The largest absolute Gasteiger partial charge is 0.321 e. The number of piperazine rings is 1. The molecule has 1 saturated heterocycles. The molecule has 3 heteroatoms. The fourth-order valence-electron chi connectivity index (χ4n) is 4.06. The van der Waals surface area contributed by atoms with Crippen LogP contribution in [0, 0.1) is 17.8 Å². The quantitative estimate of drug-likeness (QED) is 0.715. The molecule has 0 saturated carbocycles. The highest BCUT2D eigenvalue weighted by atomic mass is 28.3. The minimum Gasteiger partial charge on any atom is -0.321 e. The van der Waals surface area contributed by atoms with Crippen molar-refractivity contribution in [3.63, 3.8) is 0 Å². The third-order valence-electron chi connectivity index (χ3n) is 4.15. The van der Waals surface area contributed by atoms with Gasteiger partial charge in [0.25, 0.3) is 0 Å². The minimum atomic E-state index is -1.29. The highest BCUT2D eigenvalue weighted by Gasteiger charge is 2.41. The van der Waals surface area contributed by atoms with Crippen LogP contribution in [0.15, 0.2) is 0 Å². The van der Waals surface area contributed by atoms with Gasteiger partial charge in [-0.15, -0.1) is 0 Å². The van der Waals surface area contributed by atoms with E-state index in [1.807, 2.05) is 0 Å². The first-order chi connectivity index (χ1) is 8.85. The van der Waals surface area contributed by atoms with Gasteiger partial charge in [0.2, 0.25) is 0 Å². The molecule has 1 rings (SSSR count). The lowest BCUT2D eigenvalue weighted by Crippen LogP contribution is -2.61. The molecule has 0 aliphatic carbocycles. The van der Waals surface area contributed by atoms with Gasteiger partial charge >= 0.3 is 0 Å². The average molecular weight is 285 g/mol. The van der Waals surface area contributed by atoms with Crippen LogP contribution in [-0.2, 0) is 0 Å². The fraction of sp³-hybridized carbons (Fsp3) is 1.00. The molecule has 1 aliphatic rings. The summed E-state index contributed by atoms with van der Waals surface area (Å²) in [4.78, 5) is 0. The summed E-state index contributed by atoms with van der Waals surface area (Å²) in [5.74, 6) is 2.54. The van der Waals surface area contributed by atoms with E-state index in [9.17, 15) is 0 Å². The van der Waals surface area contributed by atoms with Gasteiger partial charge in [0.15, 0.2) is 0 Å². The van der Waals surface area contributed by atoms with Gasteiger partial charge in [-0.05, 0) is 35.9 Å². The molecule has 0 bridgehead atoms. The number of hydrogen-bond donors (Lipinski definition) is 1. The smallest absolute Gasteiger partial charge is 0.129 e. The second-order valence-corrected chi connectivity index (χ2v) is 12.1. The van der Waals surface area contributed by atoms with Gasteiger partial charge in [0.1, 0.15) is 8.24 Å². The molecule has 2 nitrogen and oxygen atoms in total. The van der Waals surface area contributed by atoms with E-state index in [1.165, 1.54) is 44.3 Å². The Bertz CT molecular complexity index is 219. The van der Waals surface area contributed by atoms with Crippen molar-refractivity contribution in [3.05, 3.63) is 0 Å². The second kappa shape index (κ2) is 7.80. The van der Waals surface area contributed by atoms with E-state index in [-0.39, 0.29) is 0 Å². The Morgan fingerprint density at radius 2 is 1.16 bits per heavy atom. The summed E-state index contributed by atoms with van der Waals surface area (Å²) in [5, 5.41) is 3.53. The van der Waals surface area contributed by atoms with E-state index in [1.54, 1.807) is 0 Å². The Morgan fingerprint density at radius 1 is 0.789 bits per heavy atom. The monoisotopic (exact) mass is 284 g/mol. The molecule has 0 amide bonds. The van der Waals surface area contributed by atoms with Gasteiger partial charge in [-0.1, -0.05) is 41.5 Å². The molecule has 0 aromatic carbocycles. The number of rotatable bonds is 7. The maximum absolute atomic E-state index is 3.53. The van der Waals surface area contributed by atoms with Crippen LogP contribution in [0.2, 0.25) is 18.1 Å². The molecule has 1 N–H and O–H groups in total. The summed E-state index contributed by atoms with van der Waals surface area (Å²) in [6.07, 6.45) is 0. The van der Waals surface area contributed by atoms with Crippen LogP contribution >= 0.6 is 0 Å². The Labute approximate surface area is 122 Å². The van der Waals surface area contributed by atoms with Crippen molar-refractivity contribution in [2.45, 2.75) is 59.7 Å². The molecule has 0 aromatic heterocycles. The van der Waals surface area contributed by atoms with Crippen LogP contribution in [0.4, 0.5) is 0 Å². The summed E-state index contributed by atoms with van der Waals surface area (Å²) in [6, 6.07) is 4.47. The van der Waals surface area contributed by atoms with Crippen molar-refractivity contribution in [1.82, 2.24) is 9.88 Å². The van der Waals surface area contributed by atoms with Crippen LogP contribution in [0.1, 0.15) is 41.5 Å². The van der Waals surface area contributed by atoms with Crippen molar-refractivity contribution in [1.29, 1.82) is 0 Å². The van der Waals surface area contributed by atoms with Crippen molar-refractivity contribution >= 4 is 8.24 Å². The molecule has 1 aliphatic heterocycles. The zero-order valence-electron chi connectivity index (χ0n) is 14.1. The predicted octanol–water partition coefficient (Wildman–Crippen LogP) is 3.81. The van der Waals surface area contributed by atoms with Gasteiger partial charge < -0.3 is 9.88 Å². The van der Waals surface area contributed by atoms with Crippen LogP contribution in [0.25, 0.3) is 0 Å². The van der Waals surface area contributed by atoms with Crippen molar-refractivity contribution < 1.29 is 0 Å². The summed E-state index contributed by atoms with van der Waals surface area (Å²) >= 11 is 0.